The minimum absolute atomic E-state index is 0.00776. The maximum Gasteiger partial charge on any atom is 0.325 e. The Bertz CT molecular complexity index is 645. The van der Waals surface area contributed by atoms with E-state index in [1.54, 1.807) is 0 Å². The minimum atomic E-state index is -0.405. The minimum Gasteiger partial charge on any atom is -0.468 e. The third-order valence-electron chi connectivity index (χ3n) is 3.21. The van der Waals surface area contributed by atoms with Crippen molar-refractivity contribution >= 4 is 22.8 Å². The number of aromatic nitrogens is 1. The quantitative estimate of drug-likeness (QED) is 0.810. The summed E-state index contributed by atoms with van der Waals surface area (Å²) in [5, 5.41) is 1.04. The van der Waals surface area contributed by atoms with Gasteiger partial charge in [0.15, 0.2) is 0 Å². The topological polar surface area (TPSA) is 62.4 Å². The van der Waals surface area contributed by atoms with Gasteiger partial charge in [-0.25, -0.2) is 0 Å². The zero-order chi connectivity index (χ0) is 12.7. The molecule has 0 bridgehead atoms. The van der Waals surface area contributed by atoms with Gasteiger partial charge in [0, 0.05) is 23.0 Å². The number of amides is 1. The Morgan fingerprint density at radius 3 is 3.00 bits per heavy atom. The monoisotopic (exact) mass is 244 g/mol. The molecule has 0 unspecified atom stereocenters. The number of carbonyl (C=O) groups is 2. The van der Waals surface area contributed by atoms with Crippen molar-refractivity contribution in [2.24, 2.45) is 0 Å². The van der Waals surface area contributed by atoms with Gasteiger partial charge >= 0.3 is 5.97 Å². The fourth-order valence-electron chi connectivity index (χ4n) is 2.32. The molecule has 0 spiro atoms. The number of ether oxygens (including phenoxy) is 1. The van der Waals surface area contributed by atoms with Crippen LogP contribution in [-0.4, -0.2) is 35.4 Å². The molecule has 0 radical (unpaired) electrons. The number of H-pyrrole nitrogens is 1. The first-order valence-electron chi connectivity index (χ1n) is 5.66. The van der Waals surface area contributed by atoms with Crippen molar-refractivity contribution in [3.63, 3.8) is 0 Å². The average molecular weight is 244 g/mol. The predicted molar refractivity (Wildman–Crippen MR) is 65.1 cm³/mol. The molecule has 3 rings (SSSR count). The number of nitrogens with one attached hydrogen (secondary N) is 1. The average Bonchev–Trinajstić information content (AvgIpc) is 2.88. The second-order valence-electron chi connectivity index (χ2n) is 4.26. The number of carbonyl (C=O) groups excluding carboxylic acids is 2. The van der Waals surface area contributed by atoms with E-state index in [9.17, 15) is 9.59 Å². The highest BCUT2D eigenvalue weighted by atomic mass is 16.5. The van der Waals surface area contributed by atoms with Gasteiger partial charge in [0.2, 0.25) is 0 Å². The first-order valence-corrected chi connectivity index (χ1v) is 5.66. The van der Waals surface area contributed by atoms with Crippen molar-refractivity contribution in [3.05, 3.63) is 35.5 Å². The Balaban J connectivity index is 1.97. The summed E-state index contributed by atoms with van der Waals surface area (Å²) in [7, 11) is 1.32. The zero-order valence-corrected chi connectivity index (χ0v) is 9.90. The van der Waals surface area contributed by atoms with Crippen LogP contribution in [-0.2, 0) is 16.1 Å². The van der Waals surface area contributed by atoms with E-state index in [0.717, 1.165) is 16.5 Å². The summed E-state index contributed by atoms with van der Waals surface area (Å²) in [6.45, 7) is 0.444. The highest BCUT2D eigenvalue weighted by Crippen LogP contribution is 2.29. The molecular formula is C13H12N2O3. The van der Waals surface area contributed by atoms with Crippen LogP contribution in [0.25, 0.3) is 10.9 Å². The van der Waals surface area contributed by atoms with Crippen molar-refractivity contribution in [1.82, 2.24) is 9.88 Å². The molecule has 1 aliphatic heterocycles. The lowest BCUT2D eigenvalue weighted by Crippen LogP contribution is -2.31. The highest BCUT2D eigenvalue weighted by Gasteiger charge is 2.32. The molecule has 1 amide bonds. The van der Waals surface area contributed by atoms with Crippen molar-refractivity contribution in [3.8, 4) is 0 Å². The van der Waals surface area contributed by atoms with E-state index in [-0.39, 0.29) is 12.5 Å². The number of benzene rings is 1. The molecule has 0 fully saturated rings. The first kappa shape index (κ1) is 10.8. The fourth-order valence-corrected chi connectivity index (χ4v) is 2.32. The lowest BCUT2D eigenvalue weighted by atomic mass is 10.1. The van der Waals surface area contributed by atoms with Gasteiger partial charge in [0.1, 0.15) is 12.2 Å². The number of rotatable bonds is 2. The molecule has 5 heteroatoms. The predicted octanol–water partition coefficient (Wildman–Crippen LogP) is 1.30. The number of methoxy groups -OCH3 is 1. The summed E-state index contributed by atoms with van der Waals surface area (Å²) in [6.07, 6.45) is 0. The Hall–Kier alpha value is -2.30. The summed E-state index contributed by atoms with van der Waals surface area (Å²) in [4.78, 5) is 27.9. The van der Waals surface area contributed by atoms with Gasteiger partial charge in [-0.05, 0) is 6.07 Å². The van der Waals surface area contributed by atoms with E-state index < -0.39 is 5.97 Å². The Morgan fingerprint density at radius 1 is 1.44 bits per heavy atom. The highest BCUT2D eigenvalue weighted by molar-refractivity contribution is 6.04. The van der Waals surface area contributed by atoms with E-state index in [2.05, 4.69) is 9.72 Å². The largest absolute Gasteiger partial charge is 0.468 e. The van der Waals surface area contributed by atoms with Crippen LogP contribution < -0.4 is 0 Å². The number of hydrogen-bond acceptors (Lipinski definition) is 3. The lowest BCUT2D eigenvalue weighted by Gasteiger charge is -2.13. The van der Waals surface area contributed by atoms with Crippen LogP contribution in [0, 0.1) is 0 Å². The van der Waals surface area contributed by atoms with E-state index >= 15 is 0 Å². The standard InChI is InChI=1S/C13H12N2O3/c1-18-11(16)7-15-6-9-8-4-2-3-5-10(8)14-12(9)13(15)17/h2-5,14H,6-7H2,1H3. The number of nitrogens with zero attached hydrogens (tertiary/aromatic N) is 1. The van der Waals surface area contributed by atoms with Gasteiger partial charge in [-0.15, -0.1) is 0 Å². The SMILES string of the molecule is COC(=O)CN1Cc2c([nH]c3ccccc23)C1=O. The molecule has 0 atom stereocenters. The summed E-state index contributed by atoms with van der Waals surface area (Å²) in [5.74, 6) is -0.551. The molecule has 0 aliphatic carbocycles. The zero-order valence-electron chi connectivity index (χ0n) is 9.90. The number of para-hydroxylation sites is 1. The van der Waals surface area contributed by atoms with Crippen molar-refractivity contribution < 1.29 is 14.3 Å². The molecule has 0 saturated heterocycles. The van der Waals surface area contributed by atoms with Crippen molar-refractivity contribution in [2.45, 2.75) is 6.54 Å². The van der Waals surface area contributed by atoms with Gasteiger partial charge in [-0.1, -0.05) is 18.2 Å². The van der Waals surface area contributed by atoms with Crippen LogP contribution in [0.2, 0.25) is 0 Å². The molecule has 1 aromatic carbocycles. The second-order valence-corrected chi connectivity index (χ2v) is 4.26. The van der Waals surface area contributed by atoms with Gasteiger partial charge in [-0.2, -0.15) is 0 Å². The molecule has 5 nitrogen and oxygen atoms in total. The van der Waals surface area contributed by atoms with Crippen LogP contribution in [0.4, 0.5) is 0 Å². The number of aromatic amines is 1. The molecule has 92 valence electrons. The van der Waals surface area contributed by atoms with E-state index in [4.69, 9.17) is 0 Å². The van der Waals surface area contributed by atoms with Crippen LogP contribution in [0.5, 0.6) is 0 Å². The van der Waals surface area contributed by atoms with Gasteiger partial charge in [0.05, 0.1) is 7.11 Å². The lowest BCUT2D eigenvalue weighted by molar-refractivity contribution is -0.141. The first-order chi connectivity index (χ1) is 8.70. The maximum absolute atomic E-state index is 12.1. The molecule has 1 aromatic heterocycles. The fraction of sp³-hybridized carbons (Fsp3) is 0.231. The summed E-state index contributed by atoms with van der Waals surface area (Å²) < 4.78 is 4.58. The smallest absolute Gasteiger partial charge is 0.325 e. The molecular weight excluding hydrogens is 232 g/mol. The third kappa shape index (κ3) is 1.48. The van der Waals surface area contributed by atoms with Crippen molar-refractivity contribution in [1.29, 1.82) is 0 Å². The van der Waals surface area contributed by atoms with E-state index in [1.807, 2.05) is 24.3 Å². The van der Waals surface area contributed by atoms with E-state index in [0.29, 0.717) is 12.2 Å². The molecule has 2 heterocycles. The Morgan fingerprint density at radius 2 is 2.22 bits per heavy atom. The van der Waals surface area contributed by atoms with Crippen LogP contribution in [0.1, 0.15) is 16.1 Å². The number of esters is 1. The van der Waals surface area contributed by atoms with Gasteiger partial charge < -0.3 is 14.6 Å². The Labute approximate surface area is 103 Å². The summed E-state index contributed by atoms with van der Waals surface area (Å²) >= 11 is 0. The second kappa shape index (κ2) is 3.87. The van der Waals surface area contributed by atoms with Gasteiger partial charge in [0.25, 0.3) is 5.91 Å². The van der Waals surface area contributed by atoms with Crippen molar-refractivity contribution in [2.75, 3.05) is 13.7 Å². The molecule has 1 N–H and O–H groups in total. The van der Waals surface area contributed by atoms with Crippen LogP contribution in [0.15, 0.2) is 24.3 Å². The van der Waals surface area contributed by atoms with Gasteiger partial charge in [-0.3, -0.25) is 9.59 Å². The van der Waals surface area contributed by atoms with E-state index in [1.165, 1.54) is 12.0 Å². The maximum atomic E-state index is 12.1. The third-order valence-corrected chi connectivity index (χ3v) is 3.21. The normalized spacial score (nSPS) is 14.1. The molecule has 18 heavy (non-hydrogen) atoms. The summed E-state index contributed by atoms with van der Waals surface area (Å²) in [6, 6.07) is 7.76. The number of fused-ring (bicyclic) bond motifs is 3. The molecule has 2 aromatic rings. The Kier molecular flexibility index (Phi) is 2.33. The molecule has 1 aliphatic rings. The number of hydrogen-bond donors (Lipinski definition) is 1. The van der Waals surface area contributed by atoms with Crippen LogP contribution in [0.3, 0.4) is 0 Å². The van der Waals surface area contributed by atoms with Crippen LogP contribution >= 0.6 is 0 Å². The molecule has 0 saturated carbocycles. The summed E-state index contributed by atoms with van der Waals surface area (Å²) in [5.41, 5.74) is 2.49.